The third-order valence-electron chi connectivity index (χ3n) is 4.46. The van der Waals surface area contributed by atoms with Crippen molar-refractivity contribution >= 4 is 11.9 Å². The van der Waals surface area contributed by atoms with E-state index >= 15 is 0 Å². The van der Waals surface area contributed by atoms with Gasteiger partial charge in [0.25, 0.3) is 0 Å². The number of hydrogen-bond donors (Lipinski definition) is 1. The molecule has 3 aliphatic rings. The molecular formula is C13H19NO3. The highest BCUT2D eigenvalue weighted by molar-refractivity contribution is 5.87. The molecule has 0 aromatic rings. The Labute approximate surface area is 101 Å². The summed E-state index contributed by atoms with van der Waals surface area (Å²) in [5.41, 5.74) is 0. The summed E-state index contributed by atoms with van der Waals surface area (Å²) in [5, 5.41) is 9.15. The lowest BCUT2D eigenvalue weighted by Crippen LogP contribution is -2.48. The van der Waals surface area contributed by atoms with Crippen molar-refractivity contribution < 1.29 is 14.7 Å². The molecule has 2 aliphatic carbocycles. The molecule has 4 heteroatoms. The molecule has 0 aromatic carbocycles. The number of carboxylic acids is 1. The van der Waals surface area contributed by atoms with E-state index in [1.165, 1.54) is 12.8 Å². The molecule has 1 saturated heterocycles. The van der Waals surface area contributed by atoms with Gasteiger partial charge < -0.3 is 10.0 Å². The predicted molar refractivity (Wildman–Crippen MR) is 61.3 cm³/mol. The third-order valence-corrected chi connectivity index (χ3v) is 4.46. The Balaban J connectivity index is 1.65. The van der Waals surface area contributed by atoms with Crippen LogP contribution in [0.3, 0.4) is 0 Å². The van der Waals surface area contributed by atoms with Crippen molar-refractivity contribution in [2.75, 3.05) is 6.54 Å². The maximum Gasteiger partial charge on any atom is 0.326 e. The van der Waals surface area contributed by atoms with Gasteiger partial charge in [-0.3, -0.25) is 4.79 Å². The summed E-state index contributed by atoms with van der Waals surface area (Å²) in [7, 11) is 0. The van der Waals surface area contributed by atoms with Crippen LogP contribution in [0.4, 0.5) is 0 Å². The van der Waals surface area contributed by atoms with Gasteiger partial charge in [-0.15, -0.1) is 0 Å². The van der Waals surface area contributed by atoms with Gasteiger partial charge in [0.05, 0.1) is 0 Å². The van der Waals surface area contributed by atoms with Crippen molar-refractivity contribution in [2.45, 2.75) is 44.6 Å². The van der Waals surface area contributed by atoms with Crippen LogP contribution in [-0.2, 0) is 9.59 Å². The van der Waals surface area contributed by atoms with E-state index in [0.717, 1.165) is 25.2 Å². The summed E-state index contributed by atoms with van der Waals surface area (Å²) in [6.45, 7) is 0.643. The van der Waals surface area contributed by atoms with Crippen LogP contribution in [0.5, 0.6) is 0 Å². The lowest BCUT2D eigenvalue weighted by atomic mass is 10.0. The molecule has 4 nitrogen and oxygen atoms in total. The van der Waals surface area contributed by atoms with Crippen LogP contribution in [0.1, 0.15) is 38.5 Å². The fourth-order valence-electron chi connectivity index (χ4n) is 3.21. The summed E-state index contributed by atoms with van der Waals surface area (Å²) < 4.78 is 0. The number of amides is 1. The molecule has 3 atom stereocenters. The van der Waals surface area contributed by atoms with Crippen LogP contribution in [0.25, 0.3) is 0 Å². The monoisotopic (exact) mass is 237 g/mol. The maximum atomic E-state index is 12.3. The Morgan fingerprint density at radius 1 is 1.12 bits per heavy atom. The van der Waals surface area contributed by atoms with E-state index in [2.05, 4.69) is 0 Å². The Morgan fingerprint density at radius 2 is 1.88 bits per heavy atom. The summed E-state index contributed by atoms with van der Waals surface area (Å²) in [6, 6.07) is -0.559. The van der Waals surface area contributed by atoms with Crippen molar-refractivity contribution in [1.82, 2.24) is 4.90 Å². The van der Waals surface area contributed by atoms with Crippen molar-refractivity contribution in [1.29, 1.82) is 0 Å². The fraction of sp³-hybridized carbons (Fsp3) is 0.846. The molecule has 2 unspecified atom stereocenters. The number of nitrogens with zero attached hydrogens (tertiary/aromatic N) is 1. The molecule has 1 aliphatic heterocycles. The average Bonchev–Trinajstić information content (AvgIpc) is 3.15. The van der Waals surface area contributed by atoms with Crippen LogP contribution in [0.15, 0.2) is 0 Å². The first-order chi connectivity index (χ1) is 8.18. The summed E-state index contributed by atoms with van der Waals surface area (Å²) >= 11 is 0. The quantitative estimate of drug-likeness (QED) is 0.809. The molecule has 1 N–H and O–H groups in total. The Morgan fingerprint density at radius 3 is 2.53 bits per heavy atom. The first-order valence-electron chi connectivity index (χ1n) is 6.72. The smallest absolute Gasteiger partial charge is 0.326 e. The normalized spacial score (nSPS) is 36.7. The Kier molecular flexibility index (Phi) is 2.60. The van der Waals surface area contributed by atoms with Gasteiger partial charge >= 0.3 is 5.97 Å². The van der Waals surface area contributed by atoms with Gasteiger partial charge in [-0.2, -0.15) is 0 Å². The minimum atomic E-state index is -0.832. The zero-order valence-corrected chi connectivity index (χ0v) is 9.97. The number of piperidine rings is 1. The molecular weight excluding hydrogens is 218 g/mol. The Bertz CT molecular complexity index is 351. The fourth-order valence-corrected chi connectivity index (χ4v) is 3.21. The lowest BCUT2D eigenvalue weighted by molar-refractivity contribution is -0.152. The van der Waals surface area contributed by atoms with Gasteiger partial charge in [0.1, 0.15) is 6.04 Å². The van der Waals surface area contributed by atoms with E-state index in [9.17, 15) is 9.59 Å². The second-order valence-corrected chi connectivity index (χ2v) is 5.72. The average molecular weight is 237 g/mol. The number of rotatable bonds is 3. The van der Waals surface area contributed by atoms with Crippen molar-refractivity contribution in [3.8, 4) is 0 Å². The van der Waals surface area contributed by atoms with Gasteiger partial charge in [0, 0.05) is 12.5 Å². The van der Waals surface area contributed by atoms with E-state index in [0.29, 0.717) is 18.9 Å². The molecule has 1 heterocycles. The third kappa shape index (κ3) is 2.05. The van der Waals surface area contributed by atoms with E-state index in [4.69, 9.17) is 5.11 Å². The molecule has 0 spiro atoms. The van der Waals surface area contributed by atoms with Crippen molar-refractivity contribution in [3.63, 3.8) is 0 Å². The molecule has 3 rings (SSSR count). The molecule has 0 radical (unpaired) electrons. The van der Waals surface area contributed by atoms with E-state index in [-0.39, 0.29) is 11.8 Å². The Hall–Kier alpha value is -1.06. The first kappa shape index (κ1) is 11.1. The maximum absolute atomic E-state index is 12.3. The van der Waals surface area contributed by atoms with Gasteiger partial charge in [-0.1, -0.05) is 0 Å². The molecule has 1 amide bonds. The van der Waals surface area contributed by atoms with Crippen LogP contribution in [-0.4, -0.2) is 34.5 Å². The number of likely N-dealkylation sites (tertiary alicyclic amines) is 1. The van der Waals surface area contributed by atoms with Gasteiger partial charge in [-0.25, -0.2) is 4.79 Å². The van der Waals surface area contributed by atoms with Crippen LogP contribution < -0.4 is 0 Å². The van der Waals surface area contributed by atoms with E-state index in [1.54, 1.807) is 4.90 Å². The highest BCUT2D eigenvalue weighted by atomic mass is 16.4. The molecule has 94 valence electrons. The van der Waals surface area contributed by atoms with Crippen LogP contribution >= 0.6 is 0 Å². The van der Waals surface area contributed by atoms with E-state index in [1.807, 2.05) is 0 Å². The predicted octanol–water partition coefficient (Wildman–Crippen LogP) is 1.50. The second-order valence-electron chi connectivity index (χ2n) is 5.72. The number of carboxylic acid groups (broad SMARTS) is 1. The number of carbonyl (C=O) groups is 2. The van der Waals surface area contributed by atoms with Crippen molar-refractivity contribution in [2.24, 2.45) is 17.8 Å². The first-order valence-corrected chi connectivity index (χ1v) is 6.72. The summed E-state index contributed by atoms with van der Waals surface area (Å²) in [6.07, 6.45) is 6.07. The largest absolute Gasteiger partial charge is 0.480 e. The summed E-state index contributed by atoms with van der Waals surface area (Å²) in [5.74, 6) is 0.800. The lowest BCUT2D eigenvalue weighted by Gasteiger charge is -2.33. The minimum Gasteiger partial charge on any atom is -0.480 e. The molecule has 2 saturated carbocycles. The summed E-state index contributed by atoms with van der Waals surface area (Å²) in [4.78, 5) is 25.1. The SMILES string of the molecule is O=C(O)[C@H]1CCCCN1C(=O)C1CC1C1CC1. The zero-order valence-electron chi connectivity index (χ0n) is 9.97. The number of aliphatic carboxylic acids is 1. The van der Waals surface area contributed by atoms with Crippen molar-refractivity contribution in [3.05, 3.63) is 0 Å². The highest BCUT2D eigenvalue weighted by Crippen LogP contribution is 2.55. The van der Waals surface area contributed by atoms with Gasteiger partial charge in [-0.05, 0) is 50.4 Å². The minimum absolute atomic E-state index is 0.119. The van der Waals surface area contributed by atoms with Crippen LogP contribution in [0, 0.1) is 17.8 Å². The highest BCUT2D eigenvalue weighted by Gasteiger charge is 2.53. The van der Waals surface area contributed by atoms with Gasteiger partial charge in [0.2, 0.25) is 5.91 Å². The molecule has 0 bridgehead atoms. The van der Waals surface area contributed by atoms with Crippen LogP contribution in [0.2, 0.25) is 0 Å². The number of carbonyl (C=O) groups excluding carboxylic acids is 1. The topological polar surface area (TPSA) is 57.6 Å². The molecule has 17 heavy (non-hydrogen) atoms. The second kappa shape index (κ2) is 4.00. The number of hydrogen-bond acceptors (Lipinski definition) is 2. The van der Waals surface area contributed by atoms with Gasteiger partial charge in [0.15, 0.2) is 0 Å². The standard InChI is InChI=1S/C13H19NO3/c15-12(10-7-9(10)8-4-5-8)14-6-2-1-3-11(14)13(16)17/h8-11H,1-7H2,(H,16,17)/t9?,10?,11-/m1/s1. The molecule has 0 aromatic heterocycles. The van der Waals surface area contributed by atoms with E-state index < -0.39 is 12.0 Å². The zero-order chi connectivity index (χ0) is 12.0. The molecule has 3 fully saturated rings.